The maximum atomic E-state index is 13.5. The van der Waals surface area contributed by atoms with E-state index in [1.54, 1.807) is 26.4 Å². The molecule has 2 aliphatic heterocycles. The largest absolute Gasteiger partial charge is 0.497 e. The van der Waals surface area contributed by atoms with E-state index in [0.29, 0.717) is 33.1 Å². The number of fused-ring (bicyclic) bond motifs is 8. The van der Waals surface area contributed by atoms with Gasteiger partial charge in [0, 0.05) is 21.3 Å². The summed E-state index contributed by atoms with van der Waals surface area (Å²) in [5.41, 5.74) is 11.0. The van der Waals surface area contributed by atoms with Crippen molar-refractivity contribution in [2.45, 2.75) is 38.5 Å². The van der Waals surface area contributed by atoms with Crippen molar-refractivity contribution in [2.75, 3.05) is 14.2 Å². The van der Waals surface area contributed by atoms with Gasteiger partial charge in [0.25, 0.3) is 0 Å². The molecule has 0 atom stereocenters. The molecule has 0 saturated heterocycles. The summed E-state index contributed by atoms with van der Waals surface area (Å²) in [6.07, 6.45) is 0. The van der Waals surface area contributed by atoms with Crippen molar-refractivity contribution >= 4 is 23.1 Å². The Balaban J connectivity index is 1.17. The molecular weight excluding hydrogens is 600 g/mol. The minimum atomic E-state index is -0.427. The van der Waals surface area contributed by atoms with E-state index in [1.807, 2.05) is 24.3 Å². The molecule has 4 aliphatic rings. The lowest BCUT2D eigenvalue weighted by Gasteiger charge is -2.22. The summed E-state index contributed by atoms with van der Waals surface area (Å²) in [7, 11) is 3.35. The molecule has 0 saturated carbocycles. The fraction of sp³-hybridized carbons (Fsp3) is 0.190. The van der Waals surface area contributed by atoms with Crippen LogP contribution in [0.1, 0.15) is 61.1 Å². The summed E-state index contributed by atoms with van der Waals surface area (Å²) in [5.74, 6) is 1.60. The molecule has 2 heterocycles. The van der Waals surface area contributed by atoms with Crippen molar-refractivity contribution in [3.05, 3.63) is 129 Å². The van der Waals surface area contributed by atoms with Gasteiger partial charge in [0.15, 0.2) is 0 Å². The zero-order chi connectivity index (χ0) is 33.3. The summed E-state index contributed by atoms with van der Waals surface area (Å²) in [6, 6.07) is 28.1. The predicted molar refractivity (Wildman–Crippen MR) is 183 cm³/mol. The van der Waals surface area contributed by atoms with Crippen LogP contribution < -0.4 is 29.4 Å². The van der Waals surface area contributed by atoms with E-state index in [-0.39, 0.29) is 10.8 Å². The summed E-state index contributed by atoms with van der Waals surface area (Å²) in [5, 5.41) is 1.23. The Kier molecular flexibility index (Phi) is 5.64. The molecular formula is C42H32O6. The quantitative estimate of drug-likeness (QED) is 0.165. The van der Waals surface area contributed by atoms with Gasteiger partial charge in [-0.3, -0.25) is 0 Å². The number of rotatable bonds is 4. The summed E-state index contributed by atoms with van der Waals surface area (Å²) in [6.45, 7) is 8.75. The van der Waals surface area contributed by atoms with Gasteiger partial charge in [-0.05, 0) is 104 Å². The average Bonchev–Trinajstić information content (AvgIpc) is 3.72. The maximum Gasteiger partial charge on any atom is 0.344 e. The van der Waals surface area contributed by atoms with Crippen LogP contribution in [0.5, 0.6) is 23.0 Å². The van der Waals surface area contributed by atoms with E-state index in [0.717, 1.165) is 56.0 Å². The number of ether oxygens (including phenoxy) is 4. The second kappa shape index (κ2) is 9.48. The van der Waals surface area contributed by atoms with Crippen LogP contribution in [0.4, 0.5) is 0 Å². The highest BCUT2D eigenvalue weighted by atomic mass is 16.5. The standard InChI is InChI=1S/C42H32O6/c1-41(2)31-15-21(7-11-25(31)27-13-9-23(45-5)17-33(27)41)37-29-19-36-30(20-35(29)47-39(37)43)38(40(44)48-36)22-8-12-26-28-14-10-24(46-6)18-34(28)42(3,4)32(26)16-22/h7-20H,1-6H3. The molecule has 236 valence electrons. The van der Waals surface area contributed by atoms with E-state index in [9.17, 15) is 9.59 Å². The SMILES string of the molecule is COc1ccc2c(c1)C(C)(C)c1cc(C3=c4cc5c(cc4OC3=O)=C(c3ccc4c(c3)C(C)(C)c3cc(OC)ccc3-4)C(=O)O5)ccc1-2. The first-order chi connectivity index (χ1) is 23.0. The van der Waals surface area contributed by atoms with Crippen molar-refractivity contribution in [1.82, 2.24) is 0 Å². The first-order valence-corrected chi connectivity index (χ1v) is 16.1. The Morgan fingerprint density at radius 1 is 0.479 bits per heavy atom. The number of hydrogen-bond acceptors (Lipinski definition) is 6. The lowest BCUT2D eigenvalue weighted by atomic mass is 9.81. The molecule has 0 unspecified atom stereocenters. The molecule has 5 aromatic carbocycles. The number of carbonyl (C=O) groups excluding carboxylic acids is 2. The van der Waals surface area contributed by atoms with E-state index in [1.165, 1.54) is 11.1 Å². The molecule has 48 heavy (non-hydrogen) atoms. The summed E-state index contributed by atoms with van der Waals surface area (Å²) < 4.78 is 22.8. The molecule has 2 aliphatic carbocycles. The van der Waals surface area contributed by atoms with Crippen molar-refractivity contribution < 1.29 is 28.5 Å². The number of esters is 2. The van der Waals surface area contributed by atoms with Crippen molar-refractivity contribution in [1.29, 1.82) is 0 Å². The Morgan fingerprint density at radius 3 is 1.21 bits per heavy atom. The molecule has 6 heteroatoms. The predicted octanol–water partition coefficient (Wildman–Crippen LogP) is 6.55. The fourth-order valence-corrected chi connectivity index (χ4v) is 8.19. The second-order valence-electron chi connectivity index (χ2n) is 14.0. The van der Waals surface area contributed by atoms with Gasteiger partial charge in [-0.15, -0.1) is 0 Å². The third-order valence-electron chi connectivity index (χ3n) is 10.8. The average molecular weight is 633 g/mol. The molecule has 5 aromatic rings. The van der Waals surface area contributed by atoms with Crippen molar-refractivity contribution in [3.8, 4) is 45.3 Å². The number of carbonyl (C=O) groups is 2. The van der Waals surface area contributed by atoms with Gasteiger partial charge in [-0.2, -0.15) is 0 Å². The maximum absolute atomic E-state index is 13.5. The van der Waals surface area contributed by atoms with Gasteiger partial charge >= 0.3 is 11.9 Å². The normalized spacial score (nSPS) is 16.8. The van der Waals surface area contributed by atoms with Crippen LogP contribution in [0.25, 0.3) is 33.4 Å². The molecule has 6 nitrogen and oxygen atoms in total. The Bertz CT molecular complexity index is 2290. The molecule has 0 bridgehead atoms. The van der Waals surface area contributed by atoms with Crippen LogP contribution in [-0.2, 0) is 20.4 Å². The smallest absolute Gasteiger partial charge is 0.344 e. The summed E-state index contributed by atoms with van der Waals surface area (Å²) >= 11 is 0. The Hall–Kier alpha value is -5.62. The van der Waals surface area contributed by atoms with Crippen LogP contribution in [-0.4, -0.2) is 26.2 Å². The van der Waals surface area contributed by atoms with Crippen LogP contribution in [0.15, 0.2) is 84.9 Å². The number of methoxy groups -OCH3 is 2. The van der Waals surface area contributed by atoms with E-state index < -0.39 is 11.9 Å². The van der Waals surface area contributed by atoms with Gasteiger partial charge in [-0.25, -0.2) is 9.59 Å². The van der Waals surface area contributed by atoms with E-state index in [2.05, 4.69) is 76.2 Å². The zero-order valence-electron chi connectivity index (χ0n) is 27.5. The monoisotopic (exact) mass is 632 g/mol. The minimum Gasteiger partial charge on any atom is -0.497 e. The highest BCUT2D eigenvalue weighted by molar-refractivity contribution is 6.21. The lowest BCUT2D eigenvalue weighted by Crippen LogP contribution is -2.16. The van der Waals surface area contributed by atoms with Crippen LogP contribution in [0.3, 0.4) is 0 Å². The zero-order valence-corrected chi connectivity index (χ0v) is 27.5. The summed E-state index contributed by atoms with van der Waals surface area (Å²) in [4.78, 5) is 27.0. The van der Waals surface area contributed by atoms with Gasteiger partial charge < -0.3 is 18.9 Å². The van der Waals surface area contributed by atoms with Crippen molar-refractivity contribution in [3.63, 3.8) is 0 Å². The van der Waals surface area contributed by atoms with Gasteiger partial charge in [0.1, 0.15) is 23.0 Å². The Labute approximate surface area is 277 Å². The van der Waals surface area contributed by atoms with Crippen LogP contribution in [0.2, 0.25) is 0 Å². The first kappa shape index (κ1) is 28.6. The molecule has 0 N–H and O–H groups in total. The van der Waals surface area contributed by atoms with Gasteiger partial charge in [0.05, 0.1) is 25.4 Å². The molecule has 0 aromatic heterocycles. The Morgan fingerprint density at radius 2 is 0.833 bits per heavy atom. The molecule has 9 rings (SSSR count). The van der Waals surface area contributed by atoms with E-state index >= 15 is 0 Å². The van der Waals surface area contributed by atoms with Gasteiger partial charge in [-0.1, -0.05) is 64.1 Å². The molecule has 0 fully saturated rings. The highest BCUT2D eigenvalue weighted by Crippen LogP contribution is 2.51. The van der Waals surface area contributed by atoms with Crippen LogP contribution >= 0.6 is 0 Å². The third-order valence-corrected chi connectivity index (χ3v) is 10.8. The molecule has 0 spiro atoms. The molecule has 0 amide bonds. The van der Waals surface area contributed by atoms with E-state index in [4.69, 9.17) is 18.9 Å². The van der Waals surface area contributed by atoms with Crippen LogP contribution in [0, 0.1) is 0 Å². The first-order valence-electron chi connectivity index (χ1n) is 16.1. The number of benzene rings is 5. The minimum absolute atomic E-state index is 0.295. The third kappa shape index (κ3) is 3.68. The molecule has 0 radical (unpaired) electrons. The lowest BCUT2D eigenvalue weighted by molar-refractivity contribution is -0.128. The topological polar surface area (TPSA) is 71.1 Å². The highest BCUT2D eigenvalue weighted by Gasteiger charge is 2.39. The van der Waals surface area contributed by atoms with Gasteiger partial charge in [0.2, 0.25) is 0 Å². The fourth-order valence-electron chi connectivity index (χ4n) is 8.19. The van der Waals surface area contributed by atoms with Crippen molar-refractivity contribution in [2.24, 2.45) is 0 Å². The number of hydrogen-bond donors (Lipinski definition) is 0. The second-order valence-corrected chi connectivity index (χ2v) is 14.0.